The number of carbonyl (C=O) groups excluding carboxylic acids is 1. The Kier molecular flexibility index (Phi) is 5.25. The van der Waals surface area contributed by atoms with Gasteiger partial charge in [0.05, 0.1) is 11.1 Å². The molecule has 0 aromatic heterocycles. The van der Waals surface area contributed by atoms with Gasteiger partial charge in [-0.3, -0.25) is 4.79 Å². The largest absolute Gasteiger partial charge is 0.322 e. The van der Waals surface area contributed by atoms with E-state index in [0.29, 0.717) is 6.07 Å². The molecule has 0 aliphatic carbocycles. The Labute approximate surface area is 141 Å². The van der Waals surface area contributed by atoms with E-state index in [9.17, 15) is 26.7 Å². The van der Waals surface area contributed by atoms with Crippen LogP contribution in [-0.2, 0) is 5.92 Å². The van der Waals surface area contributed by atoms with Gasteiger partial charge in [0.2, 0.25) is 0 Å². The maximum absolute atomic E-state index is 14.1. The summed E-state index contributed by atoms with van der Waals surface area (Å²) in [5, 5.41) is 2.22. The van der Waals surface area contributed by atoms with Gasteiger partial charge in [-0.15, -0.1) is 0 Å². The maximum atomic E-state index is 14.1. The number of allylic oxidation sites excluding steroid dienone is 2. The Hall–Kier alpha value is -2.70. The van der Waals surface area contributed by atoms with Crippen LogP contribution in [0.25, 0.3) is 0 Å². The number of alkyl halides is 2. The molecule has 2 aromatic rings. The minimum atomic E-state index is -3.84. The van der Waals surface area contributed by atoms with Crippen molar-refractivity contribution in [2.75, 3.05) is 5.32 Å². The fourth-order valence-corrected chi connectivity index (χ4v) is 2.11. The van der Waals surface area contributed by atoms with Crippen LogP contribution in [0.15, 0.2) is 53.9 Å². The summed E-state index contributed by atoms with van der Waals surface area (Å²) >= 11 is 0. The predicted octanol–water partition coefficient (Wildman–Crippen LogP) is 5.57. The minimum Gasteiger partial charge on any atom is -0.322 e. The van der Waals surface area contributed by atoms with E-state index in [4.69, 9.17) is 0 Å². The summed E-state index contributed by atoms with van der Waals surface area (Å²) in [6, 6.07) is 7.59. The molecule has 0 saturated carbocycles. The van der Waals surface area contributed by atoms with Crippen LogP contribution in [-0.4, -0.2) is 5.91 Å². The second kappa shape index (κ2) is 7.04. The molecule has 1 amide bonds. The highest BCUT2D eigenvalue weighted by atomic mass is 19.3. The van der Waals surface area contributed by atoms with E-state index < -0.39 is 40.4 Å². The van der Waals surface area contributed by atoms with Gasteiger partial charge in [-0.25, -0.2) is 13.2 Å². The van der Waals surface area contributed by atoms with E-state index in [2.05, 4.69) is 5.32 Å². The highest BCUT2D eigenvalue weighted by Crippen LogP contribution is 2.39. The first-order valence-electron chi connectivity index (χ1n) is 7.21. The Morgan fingerprint density at radius 2 is 1.64 bits per heavy atom. The van der Waals surface area contributed by atoms with Crippen LogP contribution in [0.4, 0.5) is 27.6 Å². The third-order valence-electron chi connectivity index (χ3n) is 3.67. The van der Waals surface area contributed by atoms with Crippen LogP contribution in [0.2, 0.25) is 0 Å². The van der Waals surface area contributed by atoms with Crippen LogP contribution >= 0.6 is 0 Å². The molecule has 7 heteroatoms. The summed E-state index contributed by atoms with van der Waals surface area (Å²) in [7, 11) is 0. The summed E-state index contributed by atoms with van der Waals surface area (Å²) in [5.74, 6) is -7.90. The van der Waals surface area contributed by atoms with Crippen molar-refractivity contribution in [3.05, 3.63) is 76.6 Å². The molecule has 1 N–H and O–H groups in total. The van der Waals surface area contributed by atoms with Crippen molar-refractivity contribution in [3.63, 3.8) is 0 Å². The van der Waals surface area contributed by atoms with Gasteiger partial charge in [0.25, 0.3) is 11.8 Å². The van der Waals surface area contributed by atoms with E-state index in [1.807, 2.05) is 0 Å². The summed E-state index contributed by atoms with van der Waals surface area (Å²) in [6.45, 7) is 1.72. The molecule has 0 atom stereocenters. The molecule has 0 fully saturated rings. The average molecular weight is 355 g/mol. The van der Waals surface area contributed by atoms with Crippen molar-refractivity contribution in [2.45, 2.75) is 19.8 Å². The third-order valence-corrected chi connectivity index (χ3v) is 3.67. The number of amides is 1. The fraction of sp³-hybridized carbons (Fsp3) is 0.167. The molecule has 0 aliphatic rings. The maximum Gasteiger partial charge on any atom is 0.299 e. The topological polar surface area (TPSA) is 29.1 Å². The number of anilines is 1. The Bertz CT molecular complexity index is 841. The van der Waals surface area contributed by atoms with Crippen LogP contribution in [0.3, 0.4) is 0 Å². The lowest BCUT2D eigenvalue weighted by Crippen LogP contribution is -2.19. The van der Waals surface area contributed by atoms with Crippen molar-refractivity contribution in [1.29, 1.82) is 0 Å². The van der Waals surface area contributed by atoms with Crippen molar-refractivity contribution < 1.29 is 26.7 Å². The van der Waals surface area contributed by atoms with Gasteiger partial charge in [-0.1, -0.05) is 12.1 Å². The molecular formula is C18H14F5NO. The van der Waals surface area contributed by atoms with Crippen molar-refractivity contribution in [1.82, 2.24) is 0 Å². The number of hydrogen-bond donors (Lipinski definition) is 1. The molecule has 2 rings (SSSR count). The SMILES string of the molecule is CC(F)=C(C)C(F)(F)c1ccc(NC(=O)c2ccccc2F)cc1F. The van der Waals surface area contributed by atoms with Crippen molar-refractivity contribution >= 4 is 11.6 Å². The summed E-state index contributed by atoms with van der Waals surface area (Å²) in [5.41, 5.74) is -2.34. The zero-order valence-corrected chi connectivity index (χ0v) is 13.3. The normalized spacial score (nSPS) is 12.6. The molecule has 25 heavy (non-hydrogen) atoms. The molecule has 0 saturated heterocycles. The smallest absolute Gasteiger partial charge is 0.299 e. The monoisotopic (exact) mass is 355 g/mol. The van der Waals surface area contributed by atoms with Crippen LogP contribution in [0, 0.1) is 11.6 Å². The first-order valence-corrected chi connectivity index (χ1v) is 7.21. The lowest BCUT2D eigenvalue weighted by Gasteiger charge is -2.19. The highest BCUT2D eigenvalue weighted by molar-refractivity contribution is 6.04. The average Bonchev–Trinajstić information content (AvgIpc) is 2.54. The zero-order chi connectivity index (χ0) is 18.8. The first kappa shape index (κ1) is 18.6. The minimum absolute atomic E-state index is 0.135. The van der Waals surface area contributed by atoms with Gasteiger partial charge in [-0.2, -0.15) is 8.78 Å². The number of nitrogens with one attached hydrogen (secondary N) is 1. The number of rotatable bonds is 4. The second-order valence-corrected chi connectivity index (χ2v) is 5.36. The van der Waals surface area contributed by atoms with Crippen molar-refractivity contribution in [2.24, 2.45) is 0 Å². The molecule has 2 nitrogen and oxygen atoms in total. The van der Waals surface area contributed by atoms with Gasteiger partial charge in [-0.05, 0) is 44.2 Å². The number of hydrogen-bond acceptors (Lipinski definition) is 1. The molecule has 0 aliphatic heterocycles. The van der Waals surface area contributed by atoms with Crippen LogP contribution in [0.5, 0.6) is 0 Å². The number of halogens is 5. The summed E-state index contributed by atoms with van der Waals surface area (Å²) in [4.78, 5) is 11.9. The molecule has 132 valence electrons. The lowest BCUT2D eigenvalue weighted by molar-refractivity contribution is 0.0313. The predicted molar refractivity (Wildman–Crippen MR) is 84.1 cm³/mol. The van der Waals surface area contributed by atoms with E-state index in [1.54, 1.807) is 0 Å². The fourth-order valence-electron chi connectivity index (χ4n) is 2.11. The van der Waals surface area contributed by atoms with Gasteiger partial charge < -0.3 is 5.32 Å². The lowest BCUT2D eigenvalue weighted by atomic mass is 10.00. The standard InChI is InChI=1S/C18H14F5NO/c1-10(11(2)19)18(22,23)14-8-7-12(9-16(14)21)24-17(25)13-5-3-4-6-15(13)20/h3-9H,1-2H3,(H,24,25). The van der Waals surface area contributed by atoms with Gasteiger partial charge in [0, 0.05) is 11.3 Å². The third kappa shape index (κ3) is 3.87. The highest BCUT2D eigenvalue weighted by Gasteiger charge is 2.38. The Morgan fingerprint density at radius 3 is 2.20 bits per heavy atom. The molecule has 0 unspecified atom stereocenters. The first-order chi connectivity index (χ1) is 11.6. The van der Waals surface area contributed by atoms with E-state index in [0.717, 1.165) is 32.0 Å². The molecular weight excluding hydrogens is 341 g/mol. The molecule has 0 bridgehead atoms. The van der Waals surface area contributed by atoms with Crippen LogP contribution < -0.4 is 5.32 Å². The second-order valence-electron chi connectivity index (χ2n) is 5.36. The molecule has 2 aromatic carbocycles. The number of carbonyl (C=O) groups is 1. The zero-order valence-electron chi connectivity index (χ0n) is 13.3. The van der Waals surface area contributed by atoms with Gasteiger partial charge in [0.15, 0.2) is 0 Å². The molecule has 0 spiro atoms. The van der Waals surface area contributed by atoms with E-state index >= 15 is 0 Å². The number of benzene rings is 2. The molecule has 0 heterocycles. The van der Waals surface area contributed by atoms with E-state index in [1.165, 1.54) is 18.2 Å². The van der Waals surface area contributed by atoms with E-state index in [-0.39, 0.29) is 11.3 Å². The summed E-state index contributed by atoms with van der Waals surface area (Å²) in [6.07, 6.45) is 0. The quantitative estimate of drug-likeness (QED) is 0.714. The molecule has 0 radical (unpaired) electrons. The Balaban J connectivity index is 2.30. The summed E-state index contributed by atoms with van der Waals surface area (Å²) < 4.78 is 68.8. The van der Waals surface area contributed by atoms with Crippen molar-refractivity contribution in [3.8, 4) is 0 Å². The van der Waals surface area contributed by atoms with Crippen LogP contribution in [0.1, 0.15) is 29.8 Å². The van der Waals surface area contributed by atoms with Gasteiger partial charge >= 0.3 is 0 Å². The van der Waals surface area contributed by atoms with Gasteiger partial charge in [0.1, 0.15) is 17.5 Å². The Morgan fingerprint density at radius 1 is 1.00 bits per heavy atom.